The van der Waals surface area contributed by atoms with Crippen LogP contribution in [0.25, 0.3) is 0 Å². The second-order valence-corrected chi connectivity index (χ2v) is 4.83. The van der Waals surface area contributed by atoms with Crippen molar-refractivity contribution in [3.8, 4) is 0 Å². The van der Waals surface area contributed by atoms with E-state index in [4.69, 9.17) is 27.9 Å². The Morgan fingerprint density at radius 1 is 1.27 bits per heavy atom. The molecule has 15 heavy (non-hydrogen) atoms. The lowest BCUT2D eigenvalue weighted by molar-refractivity contribution is 0.0300. The molecule has 1 aromatic carbocycles. The molecular weight excluding hydrogens is 233 g/mol. The molecule has 2 aliphatic heterocycles. The summed E-state index contributed by atoms with van der Waals surface area (Å²) < 4.78 is 5.76. The second kappa shape index (κ2) is 3.63. The van der Waals surface area contributed by atoms with Crippen LogP contribution in [0.1, 0.15) is 17.0 Å². The summed E-state index contributed by atoms with van der Waals surface area (Å²) in [5, 5.41) is 4.60. The van der Waals surface area contributed by atoms with Crippen LogP contribution in [0.5, 0.6) is 0 Å². The van der Waals surface area contributed by atoms with E-state index in [9.17, 15) is 0 Å². The summed E-state index contributed by atoms with van der Waals surface area (Å²) in [4.78, 5) is 0. The van der Waals surface area contributed by atoms with Crippen molar-refractivity contribution in [1.82, 2.24) is 5.32 Å². The Morgan fingerprint density at radius 3 is 3.00 bits per heavy atom. The van der Waals surface area contributed by atoms with E-state index in [1.807, 2.05) is 6.07 Å². The van der Waals surface area contributed by atoms with Gasteiger partial charge in [0.05, 0.1) is 22.8 Å². The van der Waals surface area contributed by atoms with Gasteiger partial charge in [0.2, 0.25) is 0 Å². The molecule has 1 N–H and O–H groups in total. The molecule has 0 aromatic heterocycles. The molecule has 0 aliphatic carbocycles. The highest BCUT2D eigenvalue weighted by Crippen LogP contribution is 2.39. The maximum Gasteiger partial charge on any atom is 0.0784 e. The number of benzene rings is 1. The molecule has 2 heterocycles. The lowest BCUT2D eigenvalue weighted by Crippen LogP contribution is -2.27. The van der Waals surface area contributed by atoms with Gasteiger partial charge in [-0.25, -0.2) is 0 Å². The smallest absolute Gasteiger partial charge is 0.0784 e. The van der Waals surface area contributed by atoms with Gasteiger partial charge in [0.25, 0.3) is 0 Å². The Kier molecular flexibility index (Phi) is 2.40. The highest BCUT2D eigenvalue weighted by Gasteiger charge is 2.35. The van der Waals surface area contributed by atoms with Crippen LogP contribution in [-0.4, -0.2) is 19.2 Å². The minimum Gasteiger partial charge on any atom is -0.371 e. The number of hydrogen-bond acceptors (Lipinski definition) is 2. The van der Waals surface area contributed by atoms with Crippen LogP contribution in [0.4, 0.5) is 0 Å². The first-order valence-electron chi connectivity index (χ1n) is 5.06. The molecule has 0 radical (unpaired) electrons. The SMILES string of the molecule is Clc1ccc2c(c1Cl)CO[C@H]1CNC[C@@H]21. The molecule has 2 nitrogen and oxygen atoms in total. The number of fused-ring (bicyclic) bond motifs is 3. The topological polar surface area (TPSA) is 21.3 Å². The normalized spacial score (nSPS) is 28.7. The van der Waals surface area contributed by atoms with E-state index in [1.54, 1.807) is 0 Å². The highest BCUT2D eigenvalue weighted by molar-refractivity contribution is 6.42. The largest absolute Gasteiger partial charge is 0.371 e. The molecule has 1 aromatic rings. The summed E-state index contributed by atoms with van der Waals surface area (Å²) in [5.74, 6) is 0.434. The van der Waals surface area contributed by atoms with Crippen molar-refractivity contribution in [3.05, 3.63) is 33.3 Å². The van der Waals surface area contributed by atoms with Gasteiger partial charge < -0.3 is 10.1 Å². The molecule has 1 fully saturated rings. The number of nitrogens with one attached hydrogen (secondary N) is 1. The van der Waals surface area contributed by atoms with Crippen LogP contribution in [-0.2, 0) is 11.3 Å². The Labute approximate surface area is 98.5 Å². The van der Waals surface area contributed by atoms with Crippen molar-refractivity contribution < 1.29 is 4.74 Å². The van der Waals surface area contributed by atoms with Crippen molar-refractivity contribution in [2.45, 2.75) is 18.6 Å². The van der Waals surface area contributed by atoms with Crippen LogP contribution in [0, 0.1) is 0 Å². The van der Waals surface area contributed by atoms with E-state index in [2.05, 4.69) is 11.4 Å². The molecule has 4 heteroatoms. The average Bonchev–Trinajstić information content (AvgIpc) is 2.71. The summed E-state index contributed by atoms with van der Waals surface area (Å²) in [6.45, 7) is 2.48. The van der Waals surface area contributed by atoms with Crippen LogP contribution in [0.15, 0.2) is 12.1 Å². The van der Waals surface area contributed by atoms with E-state index in [0.29, 0.717) is 28.7 Å². The van der Waals surface area contributed by atoms with E-state index >= 15 is 0 Å². The third-order valence-corrected chi connectivity index (χ3v) is 4.08. The molecule has 3 rings (SSSR count). The van der Waals surface area contributed by atoms with Gasteiger partial charge in [-0.1, -0.05) is 29.3 Å². The van der Waals surface area contributed by atoms with Crippen LogP contribution < -0.4 is 5.32 Å². The molecule has 2 atom stereocenters. The van der Waals surface area contributed by atoms with Crippen LogP contribution in [0.2, 0.25) is 10.0 Å². The number of ether oxygens (including phenoxy) is 1. The number of rotatable bonds is 0. The Balaban J connectivity index is 2.11. The predicted octanol–water partition coefficient (Wildman–Crippen LogP) is 2.58. The van der Waals surface area contributed by atoms with Crippen molar-refractivity contribution in [2.75, 3.05) is 13.1 Å². The fraction of sp³-hybridized carbons (Fsp3) is 0.455. The van der Waals surface area contributed by atoms with Gasteiger partial charge in [0, 0.05) is 24.6 Å². The van der Waals surface area contributed by atoms with Gasteiger partial charge in [-0.05, 0) is 11.6 Å². The maximum absolute atomic E-state index is 6.17. The lowest BCUT2D eigenvalue weighted by atomic mass is 9.90. The predicted molar refractivity (Wildman–Crippen MR) is 60.6 cm³/mol. The molecule has 0 bridgehead atoms. The minimum absolute atomic E-state index is 0.301. The second-order valence-electron chi connectivity index (χ2n) is 4.04. The van der Waals surface area contributed by atoms with Gasteiger partial charge in [0.15, 0.2) is 0 Å². The molecule has 1 saturated heterocycles. The van der Waals surface area contributed by atoms with Gasteiger partial charge in [0.1, 0.15) is 0 Å². The summed E-state index contributed by atoms with van der Waals surface area (Å²) in [6, 6.07) is 3.96. The van der Waals surface area contributed by atoms with Crippen molar-refractivity contribution in [2.24, 2.45) is 0 Å². The van der Waals surface area contributed by atoms with Crippen LogP contribution >= 0.6 is 23.2 Å². The molecule has 80 valence electrons. The zero-order chi connectivity index (χ0) is 10.4. The van der Waals surface area contributed by atoms with E-state index in [1.165, 1.54) is 5.56 Å². The monoisotopic (exact) mass is 243 g/mol. The maximum atomic E-state index is 6.17. The van der Waals surface area contributed by atoms with Gasteiger partial charge >= 0.3 is 0 Å². The van der Waals surface area contributed by atoms with Crippen LogP contribution in [0.3, 0.4) is 0 Å². The lowest BCUT2D eigenvalue weighted by Gasteiger charge is -2.28. The van der Waals surface area contributed by atoms with E-state index in [-0.39, 0.29) is 0 Å². The van der Waals surface area contributed by atoms with Crippen molar-refractivity contribution >= 4 is 23.2 Å². The van der Waals surface area contributed by atoms with Gasteiger partial charge in [-0.2, -0.15) is 0 Å². The highest BCUT2D eigenvalue weighted by atomic mass is 35.5. The zero-order valence-corrected chi connectivity index (χ0v) is 9.61. The van der Waals surface area contributed by atoms with Crippen molar-refractivity contribution in [3.63, 3.8) is 0 Å². The molecule has 2 aliphatic rings. The Morgan fingerprint density at radius 2 is 2.13 bits per heavy atom. The van der Waals surface area contributed by atoms with E-state index in [0.717, 1.165) is 18.7 Å². The third-order valence-electron chi connectivity index (χ3n) is 3.23. The molecule has 0 spiro atoms. The fourth-order valence-electron chi connectivity index (χ4n) is 2.43. The molecule has 0 unspecified atom stereocenters. The van der Waals surface area contributed by atoms with Gasteiger partial charge in [-0.3, -0.25) is 0 Å². The quantitative estimate of drug-likeness (QED) is 0.757. The summed E-state index contributed by atoms with van der Waals surface area (Å²) in [5.41, 5.74) is 2.36. The summed E-state index contributed by atoms with van der Waals surface area (Å²) in [7, 11) is 0. The fourth-order valence-corrected chi connectivity index (χ4v) is 2.84. The first-order valence-corrected chi connectivity index (χ1v) is 5.82. The standard InChI is InChI=1S/C11H11Cl2NO/c12-9-2-1-6-7-3-14-4-10(7)15-5-8(6)11(9)13/h1-2,7,10,14H,3-5H2/t7-,10-/m0/s1. The number of hydrogen-bond donors (Lipinski definition) is 1. The Hall–Kier alpha value is -0.280. The Bertz CT molecular complexity index is 408. The molecule has 0 amide bonds. The summed E-state index contributed by atoms with van der Waals surface area (Å²) >= 11 is 12.2. The first-order chi connectivity index (χ1) is 7.27. The molecular formula is C11H11Cl2NO. The van der Waals surface area contributed by atoms with Crippen molar-refractivity contribution in [1.29, 1.82) is 0 Å². The summed E-state index contributed by atoms with van der Waals surface area (Å²) in [6.07, 6.45) is 0.301. The number of halogens is 2. The molecule has 0 saturated carbocycles. The van der Waals surface area contributed by atoms with Gasteiger partial charge in [-0.15, -0.1) is 0 Å². The minimum atomic E-state index is 0.301. The third kappa shape index (κ3) is 1.48. The zero-order valence-electron chi connectivity index (χ0n) is 8.09. The van der Waals surface area contributed by atoms with E-state index < -0.39 is 0 Å². The average molecular weight is 244 g/mol. The first kappa shape index (κ1) is 9.91.